The minimum Gasteiger partial charge on any atom is -0.501 e. The number of pyridine rings is 2. The van der Waals surface area contributed by atoms with Crippen LogP contribution in [0.4, 0.5) is 0 Å². The van der Waals surface area contributed by atoms with E-state index >= 15 is 0 Å². The number of hydrogen-bond acceptors (Lipinski definition) is 3. The van der Waals surface area contributed by atoms with E-state index in [2.05, 4.69) is 113 Å². The van der Waals surface area contributed by atoms with Gasteiger partial charge in [0.05, 0.1) is 5.58 Å². The average Bonchev–Trinajstić information content (AvgIpc) is 3.40. The maximum Gasteiger partial charge on any atom is 0.120 e. The van der Waals surface area contributed by atoms with Crippen LogP contribution in [0.5, 0.6) is 0 Å². The molecule has 1 fully saturated rings. The smallest absolute Gasteiger partial charge is 0.120 e. The van der Waals surface area contributed by atoms with Gasteiger partial charge in [-0.1, -0.05) is 101 Å². The van der Waals surface area contributed by atoms with Crippen molar-refractivity contribution in [2.75, 3.05) is 0 Å². The third kappa shape index (κ3) is 7.86. The molecule has 6 aromatic rings. The molecule has 1 aliphatic carbocycles. The van der Waals surface area contributed by atoms with Crippen LogP contribution in [0.15, 0.2) is 95.7 Å². The van der Waals surface area contributed by atoms with Crippen LogP contribution in [-0.2, 0) is 20.1 Å². The summed E-state index contributed by atoms with van der Waals surface area (Å²) < 4.78 is 6.43. The van der Waals surface area contributed by atoms with Crippen LogP contribution in [0.25, 0.3) is 44.5 Å². The van der Waals surface area contributed by atoms with Gasteiger partial charge in [0.2, 0.25) is 0 Å². The molecule has 0 atom stereocenters. The van der Waals surface area contributed by atoms with Crippen LogP contribution in [0, 0.1) is 29.9 Å². The third-order valence-corrected chi connectivity index (χ3v) is 11.2. The molecule has 3 heterocycles. The van der Waals surface area contributed by atoms with Crippen molar-refractivity contribution >= 4 is 35.2 Å². The number of benzene rings is 3. The molecule has 0 bridgehead atoms. The first kappa shape index (κ1) is 34.9. The molecule has 1 saturated carbocycles. The summed E-state index contributed by atoms with van der Waals surface area (Å²) in [5, 5.41) is 3.85. The Kier molecular flexibility index (Phi) is 10.1. The Bertz CT molecular complexity index is 1940. The van der Waals surface area contributed by atoms with Gasteiger partial charge in [-0.25, -0.2) is 0 Å². The monoisotopic (exact) mass is 815 g/mol. The second kappa shape index (κ2) is 13.6. The summed E-state index contributed by atoms with van der Waals surface area (Å²) in [7, 11) is -1.57. The summed E-state index contributed by atoms with van der Waals surface area (Å²) in [6, 6.07) is 33.7. The van der Waals surface area contributed by atoms with Crippen LogP contribution < -0.4 is 5.19 Å². The summed E-state index contributed by atoms with van der Waals surface area (Å²) >= 11 is 0. The van der Waals surface area contributed by atoms with Gasteiger partial charge in [0, 0.05) is 46.0 Å². The van der Waals surface area contributed by atoms with E-state index in [1.807, 2.05) is 49.5 Å². The zero-order chi connectivity index (χ0) is 32.7. The molecule has 3 nitrogen and oxygen atoms in total. The van der Waals surface area contributed by atoms with Crippen molar-refractivity contribution in [3.63, 3.8) is 0 Å². The van der Waals surface area contributed by atoms with Gasteiger partial charge >= 0.3 is 0 Å². The first-order chi connectivity index (χ1) is 21.8. The SMILES string of the molecule is CC1(C)CC(c2ccc(-c3[c-]cc([Si](C)(C)C)c4c3oc3ccccc34)nc2)CC(C)(C)C1.Cc1ccc(-c2[c-]cccc2)nc1.[Ir]. The summed E-state index contributed by atoms with van der Waals surface area (Å²) in [4.78, 5) is 9.27. The molecule has 1 aliphatic rings. The second-order valence-electron chi connectivity index (χ2n) is 15.7. The Morgan fingerprint density at radius 1 is 0.787 bits per heavy atom. The van der Waals surface area contributed by atoms with Crippen molar-refractivity contribution in [1.82, 2.24) is 9.97 Å². The molecule has 0 aliphatic heterocycles. The molecule has 1 radical (unpaired) electrons. The van der Waals surface area contributed by atoms with Crippen molar-refractivity contribution in [2.24, 2.45) is 10.8 Å². The van der Waals surface area contributed by atoms with E-state index in [0.29, 0.717) is 16.7 Å². The van der Waals surface area contributed by atoms with E-state index < -0.39 is 8.07 Å². The van der Waals surface area contributed by atoms with Gasteiger partial charge < -0.3 is 14.4 Å². The molecule has 0 N–H and O–H groups in total. The Morgan fingerprint density at radius 2 is 1.47 bits per heavy atom. The predicted octanol–water partition coefficient (Wildman–Crippen LogP) is 11.2. The normalized spacial score (nSPS) is 15.9. The van der Waals surface area contributed by atoms with Gasteiger partial charge in [-0.05, 0) is 71.5 Å². The summed E-state index contributed by atoms with van der Waals surface area (Å²) in [6.45, 7) is 18.8. The van der Waals surface area contributed by atoms with Gasteiger partial charge in [-0.15, -0.1) is 53.2 Å². The number of furan rings is 1. The van der Waals surface area contributed by atoms with Gasteiger partial charge in [-0.2, -0.15) is 0 Å². The fourth-order valence-electron chi connectivity index (χ4n) is 7.61. The molecule has 0 spiro atoms. The fourth-order valence-corrected chi connectivity index (χ4v) is 9.11. The number of rotatable bonds is 4. The average molecular weight is 815 g/mol. The molecule has 7 rings (SSSR count). The van der Waals surface area contributed by atoms with Crippen molar-refractivity contribution < 1.29 is 24.5 Å². The van der Waals surface area contributed by atoms with Crippen LogP contribution in [0.3, 0.4) is 0 Å². The van der Waals surface area contributed by atoms with E-state index in [-0.39, 0.29) is 20.1 Å². The molecular weight excluding hydrogens is 769 g/mol. The Balaban J connectivity index is 0.000000260. The van der Waals surface area contributed by atoms with Gasteiger partial charge in [0.1, 0.15) is 5.58 Å². The maximum atomic E-state index is 6.43. The second-order valence-corrected chi connectivity index (χ2v) is 20.8. The van der Waals surface area contributed by atoms with E-state index in [9.17, 15) is 0 Å². The Labute approximate surface area is 295 Å². The largest absolute Gasteiger partial charge is 0.501 e. The molecule has 0 unspecified atom stereocenters. The van der Waals surface area contributed by atoms with Crippen molar-refractivity contribution in [3.8, 4) is 22.5 Å². The van der Waals surface area contributed by atoms with Crippen LogP contribution in [0.1, 0.15) is 64.0 Å². The summed E-state index contributed by atoms with van der Waals surface area (Å²) in [5.41, 5.74) is 9.08. The first-order valence-electron chi connectivity index (χ1n) is 16.5. The summed E-state index contributed by atoms with van der Waals surface area (Å²) in [5.74, 6) is 0.565. The summed E-state index contributed by atoms with van der Waals surface area (Å²) in [6.07, 6.45) is 7.71. The van der Waals surface area contributed by atoms with Gasteiger partial charge in [0.25, 0.3) is 0 Å². The van der Waals surface area contributed by atoms with Crippen LogP contribution >= 0.6 is 0 Å². The Morgan fingerprint density at radius 3 is 2.09 bits per heavy atom. The minimum absolute atomic E-state index is 0. The quantitative estimate of drug-likeness (QED) is 0.131. The number of aryl methyl sites for hydroxylation is 1. The first-order valence-corrected chi connectivity index (χ1v) is 20.0. The van der Waals surface area contributed by atoms with E-state index in [0.717, 1.165) is 33.7 Å². The molecule has 47 heavy (non-hydrogen) atoms. The molecule has 5 heteroatoms. The Hall–Kier alpha value is -3.37. The predicted molar refractivity (Wildman–Crippen MR) is 196 cm³/mol. The minimum atomic E-state index is -1.57. The van der Waals surface area contributed by atoms with Crippen LogP contribution in [0.2, 0.25) is 19.6 Å². The van der Waals surface area contributed by atoms with Gasteiger partial charge in [-0.3, -0.25) is 0 Å². The molecule has 0 saturated heterocycles. The van der Waals surface area contributed by atoms with E-state index in [1.165, 1.54) is 46.3 Å². The fraction of sp³-hybridized carbons (Fsp3) is 0.333. The number of para-hydroxylation sites is 1. The molecule has 3 aromatic carbocycles. The molecule has 245 valence electrons. The van der Waals surface area contributed by atoms with E-state index in [1.54, 1.807) is 0 Å². The topological polar surface area (TPSA) is 38.9 Å². The van der Waals surface area contributed by atoms with Crippen molar-refractivity contribution in [1.29, 1.82) is 0 Å². The molecule has 3 aromatic heterocycles. The number of hydrogen-bond donors (Lipinski definition) is 0. The van der Waals surface area contributed by atoms with Crippen molar-refractivity contribution in [2.45, 2.75) is 79.4 Å². The number of fused-ring (bicyclic) bond motifs is 3. The zero-order valence-corrected chi connectivity index (χ0v) is 32.4. The van der Waals surface area contributed by atoms with Gasteiger partial charge in [0.15, 0.2) is 0 Å². The number of aromatic nitrogens is 2. The van der Waals surface area contributed by atoms with Crippen LogP contribution in [-0.4, -0.2) is 18.0 Å². The molecular formula is C42H46IrN2OSi-2. The zero-order valence-electron chi connectivity index (χ0n) is 29.0. The standard InChI is InChI=1S/C30H36NOSi.C12H10N.Ir/c1-29(2)16-21(17-30(3,4)19-29)20-12-14-24(31-18-20)22-13-15-26(33(5,6)7)27-23-10-8-9-11-25(23)32-28(22)27;1-10-7-8-12(13-9-10)11-5-3-2-4-6-11;/h8-12,14-15,18,21H,16-17,19H2,1-7H3;2-5,7-9H,1H3;/q2*-1;. The number of nitrogens with zero attached hydrogens (tertiary/aromatic N) is 2. The molecule has 0 amide bonds. The van der Waals surface area contributed by atoms with Crippen molar-refractivity contribution in [3.05, 3.63) is 115 Å². The third-order valence-electron chi connectivity index (χ3n) is 9.23. The maximum absolute atomic E-state index is 6.43. The van der Waals surface area contributed by atoms with E-state index in [4.69, 9.17) is 9.40 Å².